The zero-order valence-electron chi connectivity index (χ0n) is 13.2. The molecular formula is C15H18N2O5S2. The third-order valence-corrected chi connectivity index (χ3v) is 6.17. The van der Waals surface area contributed by atoms with Crippen LogP contribution < -0.4 is 15.6 Å². The first-order chi connectivity index (χ1) is 11.1. The number of benzene rings is 2. The summed E-state index contributed by atoms with van der Waals surface area (Å²) in [6.07, 6.45) is 0. The van der Waals surface area contributed by atoms with Crippen molar-refractivity contribution in [3.05, 3.63) is 42.0 Å². The Kier molecular flexibility index (Phi) is 4.88. The van der Waals surface area contributed by atoms with E-state index in [0.717, 1.165) is 0 Å². The van der Waals surface area contributed by atoms with Gasteiger partial charge >= 0.3 is 0 Å². The lowest BCUT2D eigenvalue weighted by molar-refractivity contribution is 0.331. The first kappa shape index (κ1) is 18.2. The Morgan fingerprint density at radius 1 is 0.958 bits per heavy atom. The molecule has 0 spiro atoms. The molecule has 0 radical (unpaired) electrons. The van der Waals surface area contributed by atoms with E-state index in [9.17, 15) is 16.8 Å². The van der Waals surface area contributed by atoms with Gasteiger partial charge in [-0.3, -0.25) is 0 Å². The molecule has 0 saturated carbocycles. The van der Waals surface area contributed by atoms with Gasteiger partial charge in [0.15, 0.2) is 0 Å². The van der Waals surface area contributed by atoms with E-state index in [1.165, 1.54) is 36.4 Å². The summed E-state index contributed by atoms with van der Waals surface area (Å²) in [7, 11) is -8.44. The minimum absolute atomic E-state index is 0.0913. The number of nitrogen functional groups attached to an aromatic ring is 1. The van der Waals surface area contributed by atoms with Crippen LogP contribution in [0.25, 0.3) is 0 Å². The molecule has 0 saturated heterocycles. The average molecular weight is 370 g/mol. The Hall–Kier alpha value is -2.10. The number of hydrogen-bond acceptors (Lipinski definition) is 6. The van der Waals surface area contributed by atoms with E-state index in [-0.39, 0.29) is 22.9 Å². The number of nitrogens with two attached hydrogens (primary N) is 2. The van der Waals surface area contributed by atoms with Crippen molar-refractivity contribution < 1.29 is 21.6 Å². The standard InChI is InChI=1S/C15H18N2O5S2/c1-3-22-12-6-5-11(16)9-14(12)23(18,19)15-8-10(2)4-7-13(15)24(17,20)21/h4-9H,3,16H2,1-2H3,(H2,17,20,21). The van der Waals surface area contributed by atoms with Crippen LogP contribution in [0.4, 0.5) is 5.69 Å². The van der Waals surface area contributed by atoms with Crippen molar-refractivity contribution in [3.63, 3.8) is 0 Å². The highest BCUT2D eigenvalue weighted by atomic mass is 32.2. The lowest BCUT2D eigenvalue weighted by Crippen LogP contribution is -2.17. The molecule has 0 heterocycles. The van der Waals surface area contributed by atoms with Crippen LogP contribution in [0.15, 0.2) is 51.1 Å². The number of sulfonamides is 1. The summed E-state index contributed by atoms with van der Waals surface area (Å²) in [6, 6.07) is 8.06. The lowest BCUT2D eigenvalue weighted by atomic mass is 10.2. The van der Waals surface area contributed by atoms with Gasteiger partial charge < -0.3 is 10.5 Å². The third-order valence-electron chi connectivity index (χ3n) is 3.25. The van der Waals surface area contributed by atoms with Crippen molar-refractivity contribution >= 4 is 25.5 Å². The van der Waals surface area contributed by atoms with Crippen LogP contribution in [0.5, 0.6) is 5.75 Å². The summed E-state index contributed by atoms with van der Waals surface area (Å²) in [5.41, 5.74) is 6.47. The maximum Gasteiger partial charge on any atom is 0.239 e. The van der Waals surface area contributed by atoms with Crippen molar-refractivity contribution in [2.75, 3.05) is 12.3 Å². The fourth-order valence-electron chi connectivity index (χ4n) is 2.19. The molecule has 0 aromatic heterocycles. The Labute approximate surface area is 141 Å². The van der Waals surface area contributed by atoms with Crippen LogP contribution in [-0.2, 0) is 19.9 Å². The van der Waals surface area contributed by atoms with E-state index in [2.05, 4.69) is 0 Å². The molecule has 2 rings (SSSR count). The van der Waals surface area contributed by atoms with E-state index in [1.54, 1.807) is 13.8 Å². The van der Waals surface area contributed by atoms with Gasteiger partial charge in [0.05, 0.1) is 11.5 Å². The Morgan fingerprint density at radius 2 is 1.62 bits per heavy atom. The monoisotopic (exact) mass is 370 g/mol. The summed E-state index contributed by atoms with van der Waals surface area (Å²) in [5.74, 6) is 0.0913. The number of hydrogen-bond donors (Lipinski definition) is 2. The topological polar surface area (TPSA) is 130 Å². The number of ether oxygens (including phenoxy) is 1. The molecule has 130 valence electrons. The zero-order chi connectivity index (χ0) is 18.1. The van der Waals surface area contributed by atoms with Crippen molar-refractivity contribution in [1.82, 2.24) is 0 Å². The Bertz CT molecular complexity index is 983. The number of primary sulfonamides is 1. The van der Waals surface area contributed by atoms with Crippen molar-refractivity contribution in [2.45, 2.75) is 28.5 Å². The quantitative estimate of drug-likeness (QED) is 0.766. The lowest BCUT2D eigenvalue weighted by Gasteiger charge is -2.14. The van der Waals surface area contributed by atoms with E-state index in [0.29, 0.717) is 5.56 Å². The predicted octanol–water partition coefficient (Wildman–Crippen LogP) is 1.46. The van der Waals surface area contributed by atoms with Gasteiger partial charge in [0.25, 0.3) is 0 Å². The summed E-state index contributed by atoms with van der Waals surface area (Å²) in [4.78, 5) is -1.09. The van der Waals surface area contributed by atoms with Gasteiger partial charge in [-0.15, -0.1) is 0 Å². The van der Waals surface area contributed by atoms with E-state index in [4.69, 9.17) is 15.6 Å². The molecule has 0 atom stereocenters. The number of aryl methyl sites for hydroxylation is 1. The molecule has 0 unspecified atom stereocenters. The largest absolute Gasteiger partial charge is 0.492 e. The first-order valence-corrected chi connectivity index (χ1v) is 10.0. The van der Waals surface area contributed by atoms with Crippen molar-refractivity contribution in [3.8, 4) is 5.75 Å². The molecule has 4 N–H and O–H groups in total. The molecule has 2 aromatic rings. The van der Waals surface area contributed by atoms with E-state index in [1.807, 2.05) is 0 Å². The van der Waals surface area contributed by atoms with Gasteiger partial charge in [0.2, 0.25) is 19.9 Å². The highest BCUT2D eigenvalue weighted by Gasteiger charge is 2.29. The van der Waals surface area contributed by atoms with Gasteiger partial charge in [-0.2, -0.15) is 0 Å². The van der Waals surface area contributed by atoms with Gasteiger partial charge in [-0.1, -0.05) is 6.07 Å². The molecule has 0 bridgehead atoms. The van der Waals surface area contributed by atoms with Gasteiger partial charge in [0.1, 0.15) is 15.5 Å². The van der Waals surface area contributed by atoms with Crippen molar-refractivity contribution in [2.24, 2.45) is 5.14 Å². The second-order valence-electron chi connectivity index (χ2n) is 5.14. The molecule has 0 aliphatic heterocycles. The van der Waals surface area contributed by atoms with Crippen LogP contribution >= 0.6 is 0 Å². The maximum absolute atomic E-state index is 13.0. The summed E-state index contributed by atoms with van der Waals surface area (Å²) < 4.78 is 55.0. The highest BCUT2D eigenvalue weighted by Crippen LogP contribution is 2.34. The minimum Gasteiger partial charge on any atom is -0.492 e. The van der Waals surface area contributed by atoms with Crippen LogP contribution in [0.2, 0.25) is 0 Å². The van der Waals surface area contributed by atoms with E-state index < -0.39 is 29.7 Å². The molecule has 7 nitrogen and oxygen atoms in total. The van der Waals surface area contributed by atoms with E-state index >= 15 is 0 Å². The highest BCUT2D eigenvalue weighted by molar-refractivity contribution is 7.93. The zero-order valence-corrected chi connectivity index (χ0v) is 14.8. The molecule has 24 heavy (non-hydrogen) atoms. The normalized spacial score (nSPS) is 12.1. The average Bonchev–Trinajstić information content (AvgIpc) is 2.48. The van der Waals surface area contributed by atoms with Gasteiger partial charge in [-0.25, -0.2) is 22.0 Å². The van der Waals surface area contributed by atoms with Crippen molar-refractivity contribution in [1.29, 1.82) is 0 Å². The second kappa shape index (κ2) is 6.42. The van der Waals surface area contributed by atoms with Crippen LogP contribution in [-0.4, -0.2) is 23.4 Å². The summed E-state index contributed by atoms with van der Waals surface area (Å²) >= 11 is 0. The smallest absolute Gasteiger partial charge is 0.239 e. The maximum atomic E-state index is 13.0. The van der Waals surface area contributed by atoms with Gasteiger partial charge in [0, 0.05) is 5.69 Å². The minimum atomic E-state index is -4.23. The molecule has 0 aliphatic rings. The Morgan fingerprint density at radius 3 is 2.21 bits per heavy atom. The SMILES string of the molecule is CCOc1ccc(N)cc1S(=O)(=O)c1cc(C)ccc1S(N)(=O)=O. The van der Waals surface area contributed by atoms with Crippen LogP contribution in [0.3, 0.4) is 0 Å². The van der Waals surface area contributed by atoms with Crippen LogP contribution in [0, 0.1) is 6.92 Å². The molecule has 2 aromatic carbocycles. The van der Waals surface area contributed by atoms with Crippen LogP contribution in [0.1, 0.15) is 12.5 Å². The molecule has 9 heteroatoms. The molecular weight excluding hydrogens is 352 g/mol. The number of anilines is 1. The molecule has 0 aliphatic carbocycles. The predicted molar refractivity (Wildman–Crippen MR) is 90.0 cm³/mol. The fraction of sp³-hybridized carbons (Fsp3) is 0.200. The summed E-state index contributed by atoms with van der Waals surface area (Å²) in [5, 5.41) is 5.16. The first-order valence-electron chi connectivity index (χ1n) is 6.98. The summed E-state index contributed by atoms with van der Waals surface area (Å²) in [6.45, 7) is 3.59. The number of rotatable bonds is 5. The number of sulfone groups is 1. The van der Waals surface area contributed by atoms with Gasteiger partial charge in [-0.05, 0) is 49.7 Å². The Balaban J connectivity index is 2.82. The molecule has 0 amide bonds. The third kappa shape index (κ3) is 3.53. The molecule has 0 fully saturated rings. The fourth-order valence-corrected chi connectivity index (χ4v) is 5.06. The second-order valence-corrected chi connectivity index (χ2v) is 8.55.